The van der Waals surface area contributed by atoms with Gasteiger partial charge in [0, 0.05) is 10.0 Å². The van der Waals surface area contributed by atoms with Crippen molar-refractivity contribution in [2.45, 2.75) is 0 Å². The first-order chi connectivity index (χ1) is 9.22. The summed E-state index contributed by atoms with van der Waals surface area (Å²) in [7, 11) is 0. The van der Waals surface area contributed by atoms with Gasteiger partial charge < -0.3 is 4.98 Å². The Morgan fingerprint density at radius 2 is 1.95 bits per heavy atom. The molecule has 0 aliphatic rings. The Labute approximate surface area is 118 Å². The number of hydrogen-bond donors (Lipinski definition) is 2. The Balaban J connectivity index is 1.87. The fourth-order valence-corrected chi connectivity index (χ4v) is 2.17. The number of amides is 1. The van der Waals surface area contributed by atoms with E-state index in [0.717, 1.165) is 15.5 Å². The number of H-pyrrole nitrogens is 1. The second kappa shape index (κ2) is 4.85. The minimum absolute atomic E-state index is 0.182. The number of imidazole rings is 1. The van der Waals surface area contributed by atoms with E-state index in [1.54, 1.807) is 12.1 Å². The van der Waals surface area contributed by atoms with Crippen molar-refractivity contribution in [2.75, 3.05) is 5.32 Å². The van der Waals surface area contributed by atoms with Gasteiger partial charge in [-0.2, -0.15) is 0 Å². The lowest BCUT2D eigenvalue weighted by molar-refractivity contribution is 0.102. The van der Waals surface area contributed by atoms with E-state index in [0.29, 0.717) is 11.5 Å². The van der Waals surface area contributed by atoms with Crippen LogP contribution in [0.4, 0.5) is 5.95 Å². The molecule has 0 radical (unpaired) electrons. The summed E-state index contributed by atoms with van der Waals surface area (Å²) >= 11 is 3.39. The molecule has 19 heavy (non-hydrogen) atoms. The Morgan fingerprint density at radius 3 is 2.74 bits per heavy atom. The van der Waals surface area contributed by atoms with Gasteiger partial charge in [-0.25, -0.2) is 4.98 Å². The van der Waals surface area contributed by atoms with Gasteiger partial charge in [0.1, 0.15) is 0 Å². The van der Waals surface area contributed by atoms with Crippen molar-refractivity contribution in [1.82, 2.24) is 9.97 Å². The lowest BCUT2D eigenvalue weighted by atomic mass is 10.2. The molecule has 1 aromatic heterocycles. The molecule has 0 unspecified atom stereocenters. The van der Waals surface area contributed by atoms with Crippen LogP contribution in [0.3, 0.4) is 0 Å². The van der Waals surface area contributed by atoms with Crippen LogP contribution in [0.25, 0.3) is 11.0 Å². The lowest BCUT2D eigenvalue weighted by Crippen LogP contribution is -2.12. The molecule has 0 bridgehead atoms. The van der Waals surface area contributed by atoms with Gasteiger partial charge in [0.2, 0.25) is 5.95 Å². The summed E-state index contributed by atoms with van der Waals surface area (Å²) in [6.45, 7) is 0. The van der Waals surface area contributed by atoms with E-state index in [4.69, 9.17) is 0 Å². The number of hydrogen-bond acceptors (Lipinski definition) is 2. The molecule has 0 saturated heterocycles. The number of aromatic nitrogens is 2. The normalized spacial score (nSPS) is 10.6. The van der Waals surface area contributed by atoms with Crippen molar-refractivity contribution in [1.29, 1.82) is 0 Å². The van der Waals surface area contributed by atoms with Crippen molar-refractivity contribution in [2.24, 2.45) is 0 Å². The Kier molecular flexibility index (Phi) is 3.05. The molecule has 0 saturated carbocycles. The molecule has 5 heteroatoms. The Bertz CT molecular complexity index is 737. The summed E-state index contributed by atoms with van der Waals surface area (Å²) in [5, 5.41) is 2.75. The number of halogens is 1. The SMILES string of the molecule is O=C(Nc1nc2ccc(Br)cc2[nH]1)c1ccccc1. The number of fused-ring (bicyclic) bond motifs is 1. The number of carbonyl (C=O) groups is 1. The molecule has 3 aromatic rings. The summed E-state index contributed by atoms with van der Waals surface area (Å²) in [5.41, 5.74) is 2.29. The van der Waals surface area contributed by atoms with Crippen molar-refractivity contribution in [3.05, 3.63) is 58.6 Å². The molecule has 3 rings (SSSR count). The van der Waals surface area contributed by atoms with Crippen molar-refractivity contribution in [3.63, 3.8) is 0 Å². The summed E-state index contributed by atoms with van der Waals surface area (Å²) in [4.78, 5) is 19.4. The first kappa shape index (κ1) is 11.9. The topological polar surface area (TPSA) is 57.8 Å². The zero-order valence-electron chi connectivity index (χ0n) is 9.85. The number of nitrogens with one attached hydrogen (secondary N) is 2. The van der Waals surface area contributed by atoms with Crippen LogP contribution in [0.1, 0.15) is 10.4 Å². The second-order valence-corrected chi connectivity index (χ2v) is 4.98. The highest BCUT2D eigenvalue weighted by Gasteiger charge is 2.08. The zero-order valence-corrected chi connectivity index (χ0v) is 11.4. The number of carbonyl (C=O) groups excluding carboxylic acids is 1. The Morgan fingerprint density at radius 1 is 1.16 bits per heavy atom. The van der Waals surface area contributed by atoms with Crippen LogP contribution < -0.4 is 5.32 Å². The third-order valence-corrected chi connectivity index (χ3v) is 3.21. The molecule has 2 N–H and O–H groups in total. The van der Waals surface area contributed by atoms with E-state index in [-0.39, 0.29) is 5.91 Å². The van der Waals surface area contributed by atoms with Crippen LogP contribution >= 0.6 is 15.9 Å². The maximum absolute atomic E-state index is 12.0. The number of rotatable bonds is 2. The van der Waals surface area contributed by atoms with Crippen molar-refractivity contribution < 1.29 is 4.79 Å². The van der Waals surface area contributed by atoms with Crippen LogP contribution in [0.15, 0.2) is 53.0 Å². The van der Waals surface area contributed by atoms with Crippen LogP contribution in [0, 0.1) is 0 Å². The van der Waals surface area contributed by atoms with Crippen LogP contribution in [0.5, 0.6) is 0 Å². The van der Waals surface area contributed by atoms with E-state index in [1.165, 1.54) is 0 Å². The number of aromatic amines is 1. The van der Waals surface area contributed by atoms with E-state index < -0.39 is 0 Å². The minimum atomic E-state index is -0.182. The highest BCUT2D eigenvalue weighted by molar-refractivity contribution is 9.10. The second-order valence-electron chi connectivity index (χ2n) is 4.07. The van der Waals surface area contributed by atoms with Gasteiger partial charge >= 0.3 is 0 Å². The molecule has 0 spiro atoms. The van der Waals surface area contributed by atoms with Gasteiger partial charge in [0.15, 0.2) is 0 Å². The van der Waals surface area contributed by atoms with Gasteiger partial charge in [0.25, 0.3) is 5.91 Å². The minimum Gasteiger partial charge on any atom is -0.324 e. The summed E-state index contributed by atoms with van der Waals surface area (Å²) in [6.07, 6.45) is 0. The molecular weight excluding hydrogens is 306 g/mol. The van der Waals surface area contributed by atoms with Crippen LogP contribution in [-0.4, -0.2) is 15.9 Å². The molecule has 2 aromatic carbocycles. The highest BCUT2D eigenvalue weighted by atomic mass is 79.9. The van der Waals surface area contributed by atoms with E-state index in [9.17, 15) is 4.79 Å². The lowest BCUT2D eigenvalue weighted by Gasteiger charge is -2.00. The van der Waals surface area contributed by atoms with Gasteiger partial charge in [-0.1, -0.05) is 34.1 Å². The largest absolute Gasteiger partial charge is 0.324 e. The third-order valence-electron chi connectivity index (χ3n) is 2.71. The number of nitrogens with zero attached hydrogens (tertiary/aromatic N) is 1. The highest BCUT2D eigenvalue weighted by Crippen LogP contribution is 2.19. The smallest absolute Gasteiger partial charge is 0.257 e. The number of benzene rings is 2. The molecule has 4 nitrogen and oxygen atoms in total. The summed E-state index contributed by atoms with van der Waals surface area (Å²) in [5.74, 6) is 0.265. The fraction of sp³-hybridized carbons (Fsp3) is 0. The summed E-state index contributed by atoms with van der Waals surface area (Å²) in [6, 6.07) is 14.7. The van der Waals surface area contributed by atoms with Gasteiger partial charge in [-0.05, 0) is 30.3 Å². The average molecular weight is 316 g/mol. The average Bonchev–Trinajstić information content (AvgIpc) is 2.81. The standard InChI is InChI=1S/C14H10BrN3O/c15-10-6-7-11-12(8-10)17-14(16-11)18-13(19)9-4-2-1-3-5-9/h1-8H,(H2,16,17,18,19). The van der Waals surface area contributed by atoms with Crippen molar-refractivity contribution in [3.8, 4) is 0 Å². The first-order valence-corrected chi connectivity index (χ1v) is 6.53. The fourth-order valence-electron chi connectivity index (χ4n) is 1.81. The summed E-state index contributed by atoms with van der Waals surface area (Å²) < 4.78 is 0.963. The molecule has 94 valence electrons. The van der Waals surface area contributed by atoms with E-state index in [1.807, 2.05) is 36.4 Å². The molecule has 1 heterocycles. The van der Waals surface area contributed by atoms with Crippen LogP contribution in [-0.2, 0) is 0 Å². The van der Waals surface area contributed by atoms with Crippen LogP contribution in [0.2, 0.25) is 0 Å². The molecule has 1 amide bonds. The van der Waals surface area contributed by atoms with Gasteiger partial charge in [-0.3, -0.25) is 10.1 Å². The predicted octanol–water partition coefficient (Wildman–Crippen LogP) is 3.58. The van der Waals surface area contributed by atoms with Crippen molar-refractivity contribution >= 4 is 38.8 Å². The maximum atomic E-state index is 12.0. The van der Waals surface area contributed by atoms with E-state index >= 15 is 0 Å². The first-order valence-electron chi connectivity index (χ1n) is 5.74. The molecule has 0 atom stereocenters. The zero-order chi connectivity index (χ0) is 13.2. The van der Waals surface area contributed by atoms with E-state index in [2.05, 4.69) is 31.2 Å². The van der Waals surface area contributed by atoms with Gasteiger partial charge in [0.05, 0.1) is 11.0 Å². The maximum Gasteiger partial charge on any atom is 0.257 e. The monoisotopic (exact) mass is 315 g/mol. The van der Waals surface area contributed by atoms with Gasteiger partial charge in [-0.15, -0.1) is 0 Å². The predicted molar refractivity (Wildman–Crippen MR) is 78.2 cm³/mol. The molecule has 0 aliphatic heterocycles. The third kappa shape index (κ3) is 2.51. The Hall–Kier alpha value is -2.14. The molecular formula is C14H10BrN3O. The number of anilines is 1. The quantitative estimate of drug-likeness (QED) is 0.759. The molecule has 0 fully saturated rings. The molecule has 0 aliphatic carbocycles.